The van der Waals surface area contributed by atoms with Crippen LogP contribution in [-0.2, 0) is 0 Å². The SMILES string of the molecule is Cc1cc(N2CCN(C(=O)c3ccccc3I)CC2)nc(NC2CCCCC2)n1. The van der Waals surface area contributed by atoms with Crippen LogP contribution >= 0.6 is 22.6 Å². The Balaban J connectivity index is 1.40. The minimum atomic E-state index is 0.119. The maximum absolute atomic E-state index is 12.9. The molecule has 0 radical (unpaired) electrons. The van der Waals surface area contributed by atoms with Gasteiger partial charge in [-0.05, 0) is 54.5 Å². The molecule has 7 heteroatoms. The summed E-state index contributed by atoms with van der Waals surface area (Å²) < 4.78 is 1.00. The lowest BCUT2D eigenvalue weighted by atomic mass is 9.96. The number of benzene rings is 1. The van der Waals surface area contributed by atoms with Crippen LogP contribution in [0.3, 0.4) is 0 Å². The van der Waals surface area contributed by atoms with Crippen molar-refractivity contribution in [3.05, 3.63) is 45.2 Å². The number of anilines is 2. The molecule has 1 aliphatic carbocycles. The summed E-state index contributed by atoms with van der Waals surface area (Å²) in [6.07, 6.45) is 6.31. The fraction of sp³-hybridized carbons (Fsp3) is 0.500. The Bertz CT molecular complexity index is 860. The Hall–Kier alpha value is -1.90. The van der Waals surface area contributed by atoms with Gasteiger partial charge in [-0.1, -0.05) is 31.4 Å². The Kier molecular flexibility index (Phi) is 6.52. The molecular formula is C22H28IN5O. The van der Waals surface area contributed by atoms with Crippen LogP contribution in [0.15, 0.2) is 30.3 Å². The Morgan fingerprint density at radius 1 is 1.07 bits per heavy atom. The van der Waals surface area contributed by atoms with E-state index in [0.29, 0.717) is 19.1 Å². The van der Waals surface area contributed by atoms with E-state index in [1.165, 1.54) is 32.1 Å². The van der Waals surface area contributed by atoms with E-state index in [4.69, 9.17) is 4.98 Å². The van der Waals surface area contributed by atoms with Crippen LogP contribution in [0.1, 0.15) is 48.2 Å². The molecule has 1 aliphatic heterocycles. The number of hydrogen-bond donors (Lipinski definition) is 1. The monoisotopic (exact) mass is 505 g/mol. The zero-order valence-corrected chi connectivity index (χ0v) is 19.1. The number of nitrogens with one attached hydrogen (secondary N) is 1. The van der Waals surface area contributed by atoms with Crippen LogP contribution in [0, 0.1) is 10.5 Å². The summed E-state index contributed by atoms with van der Waals surface area (Å²) in [7, 11) is 0. The lowest BCUT2D eigenvalue weighted by Gasteiger charge is -2.36. The first-order valence-corrected chi connectivity index (χ1v) is 11.6. The van der Waals surface area contributed by atoms with Crippen molar-refractivity contribution in [2.75, 3.05) is 36.4 Å². The normalized spacial score (nSPS) is 18.0. The number of piperazine rings is 1. The van der Waals surface area contributed by atoms with Crippen molar-refractivity contribution in [1.82, 2.24) is 14.9 Å². The molecule has 2 aliphatic rings. The summed E-state index contributed by atoms with van der Waals surface area (Å²) in [6.45, 7) is 5.01. The topological polar surface area (TPSA) is 61.4 Å². The summed E-state index contributed by atoms with van der Waals surface area (Å²) in [5.41, 5.74) is 1.77. The highest BCUT2D eigenvalue weighted by atomic mass is 127. The van der Waals surface area contributed by atoms with E-state index in [-0.39, 0.29) is 5.91 Å². The summed E-state index contributed by atoms with van der Waals surface area (Å²) >= 11 is 2.23. The molecule has 29 heavy (non-hydrogen) atoms. The molecule has 0 unspecified atom stereocenters. The maximum atomic E-state index is 12.9. The predicted molar refractivity (Wildman–Crippen MR) is 125 cm³/mol. The summed E-state index contributed by atoms with van der Waals surface area (Å²) in [5.74, 6) is 1.81. The van der Waals surface area contributed by atoms with Crippen molar-refractivity contribution in [2.24, 2.45) is 0 Å². The van der Waals surface area contributed by atoms with Gasteiger partial charge in [0.05, 0.1) is 5.56 Å². The molecule has 1 amide bonds. The van der Waals surface area contributed by atoms with E-state index in [2.05, 4.69) is 37.8 Å². The molecule has 1 saturated carbocycles. The lowest BCUT2D eigenvalue weighted by molar-refractivity contribution is 0.0745. The number of rotatable bonds is 4. The number of nitrogens with zero attached hydrogens (tertiary/aromatic N) is 4. The minimum absolute atomic E-state index is 0.119. The largest absolute Gasteiger partial charge is 0.353 e. The van der Waals surface area contributed by atoms with Crippen LogP contribution in [0.25, 0.3) is 0 Å². The van der Waals surface area contributed by atoms with Gasteiger partial charge in [-0.25, -0.2) is 4.98 Å². The number of aryl methyl sites for hydroxylation is 1. The van der Waals surface area contributed by atoms with Gasteiger partial charge < -0.3 is 15.1 Å². The molecule has 2 heterocycles. The van der Waals surface area contributed by atoms with E-state index in [9.17, 15) is 4.79 Å². The van der Waals surface area contributed by atoms with E-state index in [1.54, 1.807) is 0 Å². The standard InChI is InChI=1S/C22H28IN5O/c1-16-15-20(26-22(24-16)25-17-7-3-2-4-8-17)27-11-13-28(14-12-27)21(29)18-9-5-6-10-19(18)23/h5-6,9-10,15,17H,2-4,7-8,11-14H2,1H3,(H,24,25,26). The average molecular weight is 505 g/mol. The third kappa shape index (κ3) is 4.99. The minimum Gasteiger partial charge on any atom is -0.353 e. The number of carbonyl (C=O) groups excluding carboxylic acids is 1. The van der Waals surface area contributed by atoms with Crippen molar-refractivity contribution in [1.29, 1.82) is 0 Å². The van der Waals surface area contributed by atoms with Gasteiger partial charge in [0.2, 0.25) is 5.95 Å². The van der Waals surface area contributed by atoms with E-state index in [1.807, 2.05) is 42.2 Å². The highest BCUT2D eigenvalue weighted by Crippen LogP contribution is 2.23. The predicted octanol–water partition coefficient (Wildman–Crippen LogP) is 4.10. The van der Waals surface area contributed by atoms with Gasteiger partial charge in [-0.15, -0.1) is 0 Å². The van der Waals surface area contributed by atoms with Crippen LogP contribution in [0.4, 0.5) is 11.8 Å². The summed E-state index contributed by atoms with van der Waals surface area (Å²) in [5, 5.41) is 3.54. The van der Waals surface area contributed by atoms with Gasteiger partial charge >= 0.3 is 0 Å². The molecule has 2 fully saturated rings. The number of aromatic nitrogens is 2. The zero-order chi connectivity index (χ0) is 20.2. The molecule has 1 N–H and O–H groups in total. The molecule has 0 atom stereocenters. The van der Waals surface area contributed by atoms with E-state index < -0.39 is 0 Å². The van der Waals surface area contributed by atoms with Crippen molar-refractivity contribution in [3.63, 3.8) is 0 Å². The van der Waals surface area contributed by atoms with Gasteiger partial charge in [0.15, 0.2) is 0 Å². The van der Waals surface area contributed by atoms with E-state index >= 15 is 0 Å². The van der Waals surface area contributed by atoms with Gasteiger partial charge in [0, 0.05) is 47.6 Å². The summed E-state index contributed by atoms with van der Waals surface area (Å²) in [6, 6.07) is 10.3. The van der Waals surface area contributed by atoms with Gasteiger partial charge in [0.1, 0.15) is 5.82 Å². The van der Waals surface area contributed by atoms with Crippen molar-refractivity contribution >= 4 is 40.3 Å². The Morgan fingerprint density at radius 2 is 1.79 bits per heavy atom. The van der Waals surface area contributed by atoms with Crippen LogP contribution in [0.2, 0.25) is 0 Å². The molecule has 1 aromatic heterocycles. The van der Waals surface area contributed by atoms with Crippen molar-refractivity contribution in [3.8, 4) is 0 Å². The van der Waals surface area contributed by atoms with Crippen LogP contribution in [0.5, 0.6) is 0 Å². The fourth-order valence-corrected chi connectivity index (χ4v) is 4.77. The van der Waals surface area contributed by atoms with E-state index in [0.717, 1.165) is 39.7 Å². The second kappa shape index (κ2) is 9.28. The molecule has 0 bridgehead atoms. The fourth-order valence-electron chi connectivity index (χ4n) is 4.15. The molecular weight excluding hydrogens is 477 g/mol. The van der Waals surface area contributed by atoms with Gasteiger partial charge in [-0.2, -0.15) is 4.98 Å². The van der Waals surface area contributed by atoms with Gasteiger partial charge in [-0.3, -0.25) is 4.79 Å². The number of hydrogen-bond acceptors (Lipinski definition) is 5. The first kappa shape index (κ1) is 20.4. The Labute approximate surface area is 186 Å². The zero-order valence-electron chi connectivity index (χ0n) is 16.9. The number of halogens is 1. The maximum Gasteiger partial charge on any atom is 0.255 e. The molecule has 0 spiro atoms. The first-order chi connectivity index (χ1) is 14.1. The third-order valence-corrected chi connectivity index (χ3v) is 6.71. The molecule has 154 valence electrons. The smallest absolute Gasteiger partial charge is 0.255 e. The van der Waals surface area contributed by atoms with Crippen LogP contribution < -0.4 is 10.2 Å². The molecule has 1 aromatic carbocycles. The number of amides is 1. The summed E-state index contributed by atoms with van der Waals surface area (Å²) in [4.78, 5) is 26.5. The highest BCUT2D eigenvalue weighted by Gasteiger charge is 2.24. The molecule has 2 aromatic rings. The Morgan fingerprint density at radius 3 is 2.52 bits per heavy atom. The second-order valence-corrected chi connectivity index (χ2v) is 9.09. The third-order valence-electron chi connectivity index (χ3n) is 5.77. The molecule has 6 nitrogen and oxygen atoms in total. The second-order valence-electron chi connectivity index (χ2n) is 7.93. The number of carbonyl (C=O) groups is 1. The lowest BCUT2D eigenvalue weighted by Crippen LogP contribution is -2.49. The first-order valence-electron chi connectivity index (χ1n) is 10.5. The highest BCUT2D eigenvalue weighted by molar-refractivity contribution is 14.1. The average Bonchev–Trinajstić information content (AvgIpc) is 2.74. The van der Waals surface area contributed by atoms with Crippen LogP contribution in [-0.4, -0.2) is 53.0 Å². The van der Waals surface area contributed by atoms with Gasteiger partial charge in [0.25, 0.3) is 5.91 Å². The molecule has 4 rings (SSSR count). The van der Waals surface area contributed by atoms with Crippen molar-refractivity contribution in [2.45, 2.75) is 45.1 Å². The molecule has 1 saturated heterocycles. The van der Waals surface area contributed by atoms with Crippen molar-refractivity contribution < 1.29 is 4.79 Å². The quantitative estimate of drug-likeness (QED) is 0.635.